The number of aryl methyl sites for hydroxylation is 1. The van der Waals surface area contributed by atoms with Crippen molar-refractivity contribution < 1.29 is 4.79 Å². The number of carbonyl (C=O) groups excluding carboxylic acids is 1. The van der Waals surface area contributed by atoms with Gasteiger partial charge in [-0.05, 0) is 52.1 Å². The molecule has 0 spiro atoms. The van der Waals surface area contributed by atoms with Gasteiger partial charge >= 0.3 is 0 Å². The van der Waals surface area contributed by atoms with Gasteiger partial charge in [-0.25, -0.2) is 0 Å². The highest BCUT2D eigenvalue weighted by Crippen LogP contribution is 2.30. The predicted molar refractivity (Wildman–Crippen MR) is 82.2 cm³/mol. The van der Waals surface area contributed by atoms with Crippen LogP contribution in [0.1, 0.15) is 48.2 Å². The minimum absolute atomic E-state index is 0.136. The summed E-state index contributed by atoms with van der Waals surface area (Å²) >= 11 is 0. The van der Waals surface area contributed by atoms with E-state index in [1.165, 1.54) is 25.8 Å². The van der Waals surface area contributed by atoms with Crippen molar-refractivity contribution in [1.82, 2.24) is 20.0 Å². The summed E-state index contributed by atoms with van der Waals surface area (Å²) in [6.45, 7) is 4.92. The Bertz CT molecular complexity index is 490. The lowest BCUT2D eigenvalue weighted by Crippen LogP contribution is -2.47. The number of nitrogens with zero attached hydrogens (tertiary/aromatic N) is 3. The van der Waals surface area contributed by atoms with Gasteiger partial charge < -0.3 is 9.80 Å². The molecular formula is C16H26N4O. The molecule has 1 unspecified atom stereocenters. The third kappa shape index (κ3) is 2.98. The van der Waals surface area contributed by atoms with Crippen LogP contribution in [0.2, 0.25) is 0 Å². The summed E-state index contributed by atoms with van der Waals surface area (Å²) in [6.07, 6.45) is 7.95. The van der Waals surface area contributed by atoms with Crippen LogP contribution in [0.15, 0.2) is 6.20 Å². The summed E-state index contributed by atoms with van der Waals surface area (Å²) in [5.74, 6) is 0.890. The Morgan fingerprint density at radius 3 is 2.62 bits per heavy atom. The van der Waals surface area contributed by atoms with E-state index in [0.29, 0.717) is 0 Å². The minimum Gasteiger partial charge on any atom is -0.339 e. The third-order valence-corrected chi connectivity index (χ3v) is 5.26. The van der Waals surface area contributed by atoms with Crippen LogP contribution in [0, 0.1) is 12.8 Å². The SMILES string of the molecule is Cc1[nH]ncc1C(=O)N1CCC(C2CCCCN2C)CC1. The van der Waals surface area contributed by atoms with Crippen LogP contribution in [0.3, 0.4) is 0 Å². The highest BCUT2D eigenvalue weighted by Gasteiger charge is 2.32. The molecule has 3 rings (SSSR count). The molecule has 5 nitrogen and oxygen atoms in total. The first-order chi connectivity index (χ1) is 10.2. The summed E-state index contributed by atoms with van der Waals surface area (Å²) < 4.78 is 0. The molecule has 1 atom stereocenters. The van der Waals surface area contributed by atoms with Crippen LogP contribution in [-0.2, 0) is 0 Å². The number of H-pyrrole nitrogens is 1. The van der Waals surface area contributed by atoms with Crippen LogP contribution in [0.25, 0.3) is 0 Å². The second kappa shape index (κ2) is 6.18. The molecule has 21 heavy (non-hydrogen) atoms. The first-order valence-corrected chi connectivity index (χ1v) is 8.16. The summed E-state index contributed by atoms with van der Waals surface area (Å²) in [5, 5.41) is 6.81. The zero-order valence-corrected chi connectivity index (χ0v) is 13.1. The van der Waals surface area contributed by atoms with Crippen molar-refractivity contribution in [1.29, 1.82) is 0 Å². The standard InChI is InChI=1S/C16H26N4O/c1-12-14(11-17-18-12)16(21)20-9-6-13(7-10-20)15-5-3-4-8-19(15)2/h11,13,15H,3-10H2,1-2H3,(H,17,18). The van der Waals surface area contributed by atoms with E-state index in [0.717, 1.165) is 49.1 Å². The number of rotatable bonds is 2. The molecule has 1 N–H and O–H groups in total. The number of aromatic amines is 1. The fourth-order valence-corrected chi connectivity index (χ4v) is 3.92. The number of piperidine rings is 2. The molecule has 0 aliphatic carbocycles. The molecule has 2 aliphatic heterocycles. The Morgan fingerprint density at radius 2 is 2.00 bits per heavy atom. The molecule has 1 amide bonds. The zero-order chi connectivity index (χ0) is 14.8. The third-order valence-electron chi connectivity index (χ3n) is 5.26. The first kappa shape index (κ1) is 14.6. The maximum Gasteiger partial charge on any atom is 0.257 e. The second-order valence-corrected chi connectivity index (χ2v) is 6.58. The van der Waals surface area contributed by atoms with Gasteiger partial charge in [-0.3, -0.25) is 9.89 Å². The monoisotopic (exact) mass is 290 g/mol. The van der Waals surface area contributed by atoms with E-state index in [4.69, 9.17) is 0 Å². The molecule has 5 heteroatoms. The van der Waals surface area contributed by atoms with E-state index >= 15 is 0 Å². The molecule has 0 aromatic carbocycles. The molecule has 1 aromatic rings. The normalized spacial score (nSPS) is 25.2. The molecule has 2 aliphatic rings. The van der Waals surface area contributed by atoms with Crippen LogP contribution in [0.4, 0.5) is 0 Å². The molecule has 2 saturated heterocycles. The van der Waals surface area contributed by atoms with Gasteiger partial charge in [0.05, 0.1) is 11.8 Å². The Morgan fingerprint density at radius 1 is 1.24 bits per heavy atom. The molecule has 2 fully saturated rings. The van der Waals surface area contributed by atoms with Crippen molar-refractivity contribution >= 4 is 5.91 Å². The van der Waals surface area contributed by atoms with Crippen LogP contribution in [0.5, 0.6) is 0 Å². The lowest BCUT2D eigenvalue weighted by atomic mass is 9.84. The maximum atomic E-state index is 12.5. The van der Waals surface area contributed by atoms with Crippen LogP contribution in [-0.4, -0.2) is 58.6 Å². The fourth-order valence-electron chi connectivity index (χ4n) is 3.92. The summed E-state index contributed by atoms with van der Waals surface area (Å²) in [6, 6.07) is 0.728. The van der Waals surface area contributed by atoms with Crippen molar-refractivity contribution in [2.75, 3.05) is 26.7 Å². The number of carbonyl (C=O) groups is 1. The van der Waals surface area contributed by atoms with E-state index < -0.39 is 0 Å². The summed E-state index contributed by atoms with van der Waals surface area (Å²) in [7, 11) is 2.26. The van der Waals surface area contributed by atoms with Gasteiger partial charge in [0.1, 0.15) is 0 Å². The number of aromatic nitrogens is 2. The lowest BCUT2D eigenvalue weighted by Gasteiger charge is -2.42. The number of likely N-dealkylation sites (tertiary alicyclic amines) is 2. The van der Waals surface area contributed by atoms with E-state index in [9.17, 15) is 4.79 Å². The van der Waals surface area contributed by atoms with Crippen molar-refractivity contribution in [3.05, 3.63) is 17.5 Å². The summed E-state index contributed by atoms with van der Waals surface area (Å²) in [5.41, 5.74) is 1.59. The van der Waals surface area contributed by atoms with Crippen molar-refractivity contribution in [3.63, 3.8) is 0 Å². The molecule has 3 heterocycles. The molecule has 0 bridgehead atoms. The van der Waals surface area contributed by atoms with E-state index in [1.54, 1.807) is 6.20 Å². The smallest absolute Gasteiger partial charge is 0.257 e. The van der Waals surface area contributed by atoms with Crippen molar-refractivity contribution in [3.8, 4) is 0 Å². The van der Waals surface area contributed by atoms with Gasteiger partial charge in [0.2, 0.25) is 0 Å². The Balaban J connectivity index is 1.58. The average Bonchev–Trinajstić information content (AvgIpc) is 2.93. The maximum absolute atomic E-state index is 12.5. The minimum atomic E-state index is 0.136. The average molecular weight is 290 g/mol. The quantitative estimate of drug-likeness (QED) is 0.907. The van der Waals surface area contributed by atoms with Gasteiger partial charge in [-0.2, -0.15) is 5.10 Å². The van der Waals surface area contributed by atoms with E-state index in [-0.39, 0.29) is 5.91 Å². The second-order valence-electron chi connectivity index (χ2n) is 6.58. The zero-order valence-electron chi connectivity index (χ0n) is 13.1. The fraction of sp³-hybridized carbons (Fsp3) is 0.750. The topological polar surface area (TPSA) is 52.2 Å². The molecular weight excluding hydrogens is 264 g/mol. The van der Waals surface area contributed by atoms with Crippen LogP contribution < -0.4 is 0 Å². The van der Waals surface area contributed by atoms with Gasteiger partial charge in [-0.1, -0.05) is 6.42 Å². The number of amides is 1. The van der Waals surface area contributed by atoms with Crippen LogP contribution >= 0.6 is 0 Å². The molecule has 0 radical (unpaired) electrons. The van der Waals surface area contributed by atoms with Gasteiger partial charge in [0.25, 0.3) is 5.91 Å². The Kier molecular flexibility index (Phi) is 4.29. The largest absolute Gasteiger partial charge is 0.339 e. The van der Waals surface area contributed by atoms with E-state index in [2.05, 4.69) is 22.1 Å². The van der Waals surface area contributed by atoms with Crippen molar-refractivity contribution in [2.45, 2.75) is 45.1 Å². The van der Waals surface area contributed by atoms with Gasteiger partial charge in [-0.15, -0.1) is 0 Å². The van der Waals surface area contributed by atoms with E-state index in [1.807, 2.05) is 11.8 Å². The first-order valence-electron chi connectivity index (χ1n) is 8.16. The highest BCUT2D eigenvalue weighted by molar-refractivity contribution is 5.95. The van der Waals surface area contributed by atoms with Gasteiger partial charge in [0, 0.05) is 24.8 Å². The molecule has 0 saturated carbocycles. The number of hydrogen-bond acceptors (Lipinski definition) is 3. The van der Waals surface area contributed by atoms with Gasteiger partial charge in [0.15, 0.2) is 0 Å². The molecule has 116 valence electrons. The Labute approximate surface area is 126 Å². The number of nitrogens with one attached hydrogen (secondary N) is 1. The predicted octanol–water partition coefficient (Wildman–Crippen LogP) is 2.05. The Hall–Kier alpha value is -1.36. The van der Waals surface area contributed by atoms with Crippen molar-refractivity contribution in [2.24, 2.45) is 5.92 Å². The summed E-state index contributed by atoms with van der Waals surface area (Å²) in [4.78, 5) is 17.0. The molecule has 1 aromatic heterocycles. The number of hydrogen-bond donors (Lipinski definition) is 1. The lowest BCUT2D eigenvalue weighted by molar-refractivity contribution is 0.0554. The highest BCUT2D eigenvalue weighted by atomic mass is 16.2.